The zero-order valence-corrected chi connectivity index (χ0v) is 18.5. The van der Waals surface area contributed by atoms with Gasteiger partial charge in [-0.2, -0.15) is 4.31 Å². The van der Waals surface area contributed by atoms with Crippen molar-refractivity contribution in [3.05, 3.63) is 65.2 Å². The first kappa shape index (κ1) is 21.0. The van der Waals surface area contributed by atoms with Crippen molar-refractivity contribution < 1.29 is 8.42 Å². The van der Waals surface area contributed by atoms with E-state index in [1.54, 1.807) is 16.4 Å². The molecule has 2 N–H and O–H groups in total. The van der Waals surface area contributed by atoms with Crippen molar-refractivity contribution in [1.29, 1.82) is 0 Å². The highest BCUT2D eigenvalue weighted by atomic mass is 32.2. The summed E-state index contributed by atoms with van der Waals surface area (Å²) in [6.45, 7) is 7.18. The Hall–Kier alpha value is -2.22. The molecule has 0 aromatic heterocycles. The number of amidine groups is 1. The van der Waals surface area contributed by atoms with Crippen LogP contribution in [0.15, 0.2) is 58.4 Å². The molecule has 0 saturated carbocycles. The first-order chi connectivity index (χ1) is 14.4. The molecule has 0 atom stereocenters. The zero-order valence-electron chi connectivity index (χ0n) is 17.7. The van der Waals surface area contributed by atoms with Crippen LogP contribution in [0.5, 0.6) is 0 Å². The molecule has 0 unspecified atom stereocenters. The van der Waals surface area contributed by atoms with Crippen LogP contribution < -0.4 is 10.6 Å². The summed E-state index contributed by atoms with van der Waals surface area (Å²) < 4.78 is 28.0. The van der Waals surface area contributed by atoms with Gasteiger partial charge in [0.25, 0.3) is 0 Å². The summed E-state index contributed by atoms with van der Waals surface area (Å²) >= 11 is 0. The number of hydrogen-bond acceptors (Lipinski definition) is 5. The van der Waals surface area contributed by atoms with E-state index in [-0.39, 0.29) is 5.54 Å². The van der Waals surface area contributed by atoms with Gasteiger partial charge in [0.15, 0.2) is 0 Å². The molecule has 2 heterocycles. The van der Waals surface area contributed by atoms with E-state index < -0.39 is 10.0 Å². The van der Waals surface area contributed by atoms with Crippen LogP contribution in [0, 0.1) is 13.8 Å². The smallest absolute Gasteiger partial charge is 0.243 e. The van der Waals surface area contributed by atoms with Crippen molar-refractivity contribution in [2.75, 3.05) is 26.2 Å². The summed E-state index contributed by atoms with van der Waals surface area (Å²) in [6, 6.07) is 15.6. The molecule has 0 aliphatic carbocycles. The van der Waals surface area contributed by atoms with Crippen molar-refractivity contribution >= 4 is 15.9 Å². The van der Waals surface area contributed by atoms with Crippen molar-refractivity contribution in [2.24, 2.45) is 4.99 Å². The zero-order chi connectivity index (χ0) is 21.2. The monoisotopic (exact) mass is 426 g/mol. The van der Waals surface area contributed by atoms with Gasteiger partial charge >= 0.3 is 0 Å². The average molecular weight is 427 g/mol. The molecule has 0 bridgehead atoms. The summed E-state index contributed by atoms with van der Waals surface area (Å²) in [5.74, 6) is 0.959. The van der Waals surface area contributed by atoms with Crippen LogP contribution >= 0.6 is 0 Å². The molecule has 2 aliphatic heterocycles. The summed E-state index contributed by atoms with van der Waals surface area (Å²) in [7, 11) is -3.48. The maximum Gasteiger partial charge on any atom is 0.243 e. The fourth-order valence-corrected chi connectivity index (χ4v) is 5.78. The van der Waals surface area contributed by atoms with Crippen LogP contribution in [-0.2, 0) is 16.6 Å². The average Bonchev–Trinajstić information content (AvgIpc) is 2.76. The lowest BCUT2D eigenvalue weighted by Gasteiger charge is -2.44. The molecule has 1 fully saturated rings. The van der Waals surface area contributed by atoms with Crippen molar-refractivity contribution in [3.63, 3.8) is 0 Å². The molecule has 2 aliphatic rings. The number of aliphatic imine (C=N–C) groups is 1. The Morgan fingerprint density at radius 2 is 1.80 bits per heavy atom. The quantitative estimate of drug-likeness (QED) is 0.788. The predicted octanol–water partition coefficient (Wildman–Crippen LogP) is 2.62. The fourth-order valence-electron chi connectivity index (χ4n) is 4.25. The first-order valence-corrected chi connectivity index (χ1v) is 12.0. The largest absolute Gasteiger partial charge is 0.368 e. The summed E-state index contributed by atoms with van der Waals surface area (Å²) in [4.78, 5) is 5.15. The van der Waals surface area contributed by atoms with E-state index in [0.717, 1.165) is 30.1 Å². The van der Waals surface area contributed by atoms with E-state index in [4.69, 9.17) is 4.99 Å². The lowest BCUT2D eigenvalue weighted by molar-refractivity contribution is 0.241. The number of nitrogens with one attached hydrogen (secondary N) is 2. The summed E-state index contributed by atoms with van der Waals surface area (Å²) in [5, 5.41) is 7.15. The lowest BCUT2D eigenvalue weighted by atomic mass is 9.85. The van der Waals surface area contributed by atoms with E-state index in [9.17, 15) is 8.42 Å². The van der Waals surface area contributed by atoms with Gasteiger partial charge in [0.05, 0.1) is 17.0 Å². The number of rotatable bonds is 4. The number of benzene rings is 2. The van der Waals surface area contributed by atoms with Gasteiger partial charge in [-0.15, -0.1) is 0 Å². The van der Waals surface area contributed by atoms with Crippen molar-refractivity contribution in [1.82, 2.24) is 14.9 Å². The molecule has 2 aromatic carbocycles. The Morgan fingerprint density at radius 1 is 1.07 bits per heavy atom. The van der Waals surface area contributed by atoms with Crippen molar-refractivity contribution in [2.45, 2.75) is 43.7 Å². The number of aryl methyl sites for hydroxylation is 2. The molecular weight excluding hydrogens is 396 g/mol. The molecule has 1 spiro atoms. The minimum absolute atomic E-state index is 0.276. The first-order valence-electron chi connectivity index (χ1n) is 10.6. The van der Waals surface area contributed by atoms with Crippen LogP contribution in [0.4, 0.5) is 0 Å². The minimum Gasteiger partial charge on any atom is -0.368 e. The van der Waals surface area contributed by atoms with Gasteiger partial charge in [0, 0.05) is 26.2 Å². The second-order valence-electron chi connectivity index (χ2n) is 8.23. The number of hydrogen-bond donors (Lipinski definition) is 2. The summed E-state index contributed by atoms with van der Waals surface area (Å²) in [6.07, 6.45) is 1.41. The van der Waals surface area contributed by atoms with Crippen LogP contribution in [-0.4, -0.2) is 50.3 Å². The Bertz CT molecular complexity index is 1030. The third-order valence-electron chi connectivity index (χ3n) is 6.29. The van der Waals surface area contributed by atoms with Gasteiger partial charge < -0.3 is 10.6 Å². The molecule has 1 saturated heterocycles. The van der Waals surface area contributed by atoms with Gasteiger partial charge in [-0.1, -0.05) is 36.4 Å². The van der Waals surface area contributed by atoms with Crippen LogP contribution in [0.3, 0.4) is 0 Å². The minimum atomic E-state index is -3.48. The molecule has 160 valence electrons. The topological polar surface area (TPSA) is 73.8 Å². The Kier molecular flexibility index (Phi) is 5.95. The predicted molar refractivity (Wildman–Crippen MR) is 120 cm³/mol. The Labute approximate surface area is 179 Å². The highest BCUT2D eigenvalue weighted by Gasteiger charge is 2.43. The van der Waals surface area contributed by atoms with Gasteiger partial charge in [0.1, 0.15) is 5.84 Å². The summed E-state index contributed by atoms with van der Waals surface area (Å²) in [5.41, 5.74) is 3.03. The molecule has 0 amide bonds. The normalized spacial score (nSPS) is 19.5. The fraction of sp³-hybridized carbons (Fsp3) is 0.435. The van der Waals surface area contributed by atoms with Gasteiger partial charge in [0.2, 0.25) is 10.0 Å². The van der Waals surface area contributed by atoms with E-state index in [0.29, 0.717) is 37.4 Å². The molecule has 7 heteroatoms. The van der Waals surface area contributed by atoms with Crippen LogP contribution in [0.2, 0.25) is 0 Å². The van der Waals surface area contributed by atoms with E-state index in [1.165, 1.54) is 5.56 Å². The molecular formula is C23H30N4O2S. The van der Waals surface area contributed by atoms with E-state index in [2.05, 4.69) is 22.8 Å². The van der Waals surface area contributed by atoms with Gasteiger partial charge in [-0.25, -0.2) is 8.42 Å². The van der Waals surface area contributed by atoms with E-state index in [1.807, 2.05) is 38.1 Å². The van der Waals surface area contributed by atoms with Gasteiger partial charge in [-0.05, 0) is 55.5 Å². The Balaban J connectivity index is 1.47. The standard InChI is InChI=1S/C23H30N4O2S/c1-18-8-9-21(16-19(18)2)30(28,29)27-14-10-23(11-15-27)22(24-12-13-26-23)25-17-20-6-4-3-5-7-20/h3-9,16,26H,10-15,17H2,1-2H3,(H,24,25). The maximum absolute atomic E-state index is 13.2. The highest BCUT2D eigenvalue weighted by molar-refractivity contribution is 7.89. The molecule has 4 rings (SSSR count). The van der Waals surface area contributed by atoms with Crippen LogP contribution in [0.25, 0.3) is 0 Å². The molecule has 2 aromatic rings. The second-order valence-corrected chi connectivity index (χ2v) is 10.2. The Morgan fingerprint density at radius 3 is 2.50 bits per heavy atom. The number of piperidine rings is 1. The molecule has 30 heavy (non-hydrogen) atoms. The van der Waals surface area contributed by atoms with Crippen LogP contribution in [0.1, 0.15) is 29.5 Å². The third-order valence-corrected chi connectivity index (χ3v) is 8.19. The number of nitrogens with zero attached hydrogens (tertiary/aromatic N) is 2. The maximum atomic E-state index is 13.2. The van der Waals surface area contributed by atoms with Gasteiger partial charge in [-0.3, -0.25) is 4.99 Å². The lowest BCUT2D eigenvalue weighted by Crippen LogP contribution is -2.64. The van der Waals surface area contributed by atoms with E-state index >= 15 is 0 Å². The SMILES string of the molecule is Cc1ccc(S(=O)(=O)N2CCC3(CC2)NCCN=C3NCc2ccccc2)cc1C. The molecule has 6 nitrogen and oxygen atoms in total. The molecule has 0 radical (unpaired) electrons. The number of sulfonamides is 1. The highest BCUT2D eigenvalue weighted by Crippen LogP contribution is 2.29. The second kappa shape index (κ2) is 8.49. The van der Waals surface area contributed by atoms with Crippen molar-refractivity contribution in [3.8, 4) is 0 Å². The third kappa shape index (κ3) is 4.15.